The van der Waals surface area contributed by atoms with Crippen molar-refractivity contribution in [1.82, 2.24) is 9.55 Å². The second-order valence-corrected chi connectivity index (χ2v) is 6.84. The highest BCUT2D eigenvalue weighted by atomic mass is 16.5. The molecule has 0 fully saturated rings. The van der Waals surface area contributed by atoms with Gasteiger partial charge in [-0.1, -0.05) is 45.7 Å². The maximum absolute atomic E-state index is 5.81. The Balaban J connectivity index is 1.56. The Morgan fingerprint density at radius 3 is 2.36 bits per heavy atom. The largest absolute Gasteiger partial charge is 0.494 e. The number of nitrogens with zero attached hydrogens (tertiary/aromatic N) is 2. The van der Waals surface area contributed by atoms with Crippen LogP contribution in [0.3, 0.4) is 0 Å². The zero-order valence-corrected chi connectivity index (χ0v) is 14.1. The average Bonchev–Trinajstić information content (AvgIpc) is 2.99. The van der Waals surface area contributed by atoms with Gasteiger partial charge < -0.3 is 9.30 Å². The first-order chi connectivity index (χ1) is 10.6. The zero-order chi connectivity index (χ0) is 15.8. The van der Waals surface area contributed by atoms with Crippen molar-refractivity contribution in [3.63, 3.8) is 0 Å². The number of aryl methyl sites for hydroxylation is 1. The Hall–Kier alpha value is -1.77. The van der Waals surface area contributed by atoms with Crippen LogP contribution in [0.15, 0.2) is 43.0 Å². The van der Waals surface area contributed by atoms with Crippen molar-refractivity contribution in [1.29, 1.82) is 0 Å². The molecule has 0 aliphatic carbocycles. The van der Waals surface area contributed by atoms with Gasteiger partial charge in [-0.2, -0.15) is 0 Å². The molecular weight excluding hydrogens is 272 g/mol. The van der Waals surface area contributed by atoms with Crippen molar-refractivity contribution >= 4 is 0 Å². The van der Waals surface area contributed by atoms with Crippen LogP contribution in [-0.4, -0.2) is 16.2 Å². The van der Waals surface area contributed by atoms with Gasteiger partial charge in [-0.3, -0.25) is 0 Å². The predicted octanol–water partition coefficient (Wildman–Crippen LogP) is 4.82. The molecule has 2 rings (SSSR count). The van der Waals surface area contributed by atoms with E-state index in [0.29, 0.717) is 0 Å². The van der Waals surface area contributed by atoms with E-state index in [2.05, 4.69) is 54.6 Å². The maximum Gasteiger partial charge on any atom is 0.119 e. The van der Waals surface area contributed by atoms with Gasteiger partial charge in [-0.15, -0.1) is 0 Å². The fraction of sp³-hybridized carbons (Fsp3) is 0.526. The Bertz CT molecular complexity index is 524. The number of ether oxygens (including phenoxy) is 1. The summed E-state index contributed by atoms with van der Waals surface area (Å²) in [6.07, 6.45) is 10.5. The van der Waals surface area contributed by atoms with Crippen molar-refractivity contribution in [3.05, 3.63) is 48.5 Å². The molecule has 0 unspecified atom stereocenters. The van der Waals surface area contributed by atoms with Crippen molar-refractivity contribution in [2.75, 3.05) is 6.61 Å². The molecule has 0 radical (unpaired) electrons. The molecule has 0 spiro atoms. The Kier molecular flexibility index (Phi) is 6.05. The fourth-order valence-corrected chi connectivity index (χ4v) is 2.41. The molecule has 0 bridgehead atoms. The SMILES string of the molecule is CC(C)(C)c1ccc(OCCCCCCn2ccnc2)cc1. The standard InChI is InChI=1S/C19H28N2O/c1-19(2,3)17-8-10-18(11-9-17)22-15-7-5-4-6-13-21-14-12-20-16-21/h8-12,14,16H,4-7,13,15H2,1-3H3. The highest BCUT2D eigenvalue weighted by Crippen LogP contribution is 2.24. The second-order valence-electron chi connectivity index (χ2n) is 6.84. The summed E-state index contributed by atoms with van der Waals surface area (Å²) in [7, 11) is 0. The highest BCUT2D eigenvalue weighted by molar-refractivity contribution is 5.31. The molecule has 0 N–H and O–H groups in total. The number of hydrogen-bond donors (Lipinski definition) is 0. The second kappa shape index (κ2) is 8.02. The quantitative estimate of drug-likeness (QED) is 0.653. The van der Waals surface area contributed by atoms with Crippen LogP contribution in [0.25, 0.3) is 0 Å². The van der Waals surface area contributed by atoms with E-state index in [-0.39, 0.29) is 5.41 Å². The van der Waals surface area contributed by atoms with Gasteiger partial charge in [0.15, 0.2) is 0 Å². The number of unbranched alkanes of at least 4 members (excludes halogenated alkanes) is 3. The van der Waals surface area contributed by atoms with Crippen LogP contribution in [0.5, 0.6) is 5.75 Å². The van der Waals surface area contributed by atoms with E-state index in [4.69, 9.17) is 4.74 Å². The molecule has 0 saturated heterocycles. The van der Waals surface area contributed by atoms with Crippen LogP contribution < -0.4 is 4.74 Å². The fourth-order valence-electron chi connectivity index (χ4n) is 2.41. The summed E-state index contributed by atoms with van der Waals surface area (Å²) in [5.74, 6) is 0.978. The summed E-state index contributed by atoms with van der Waals surface area (Å²) in [5, 5.41) is 0. The Morgan fingerprint density at radius 1 is 1.00 bits per heavy atom. The Morgan fingerprint density at radius 2 is 1.73 bits per heavy atom. The van der Waals surface area contributed by atoms with Crippen molar-refractivity contribution < 1.29 is 4.74 Å². The summed E-state index contributed by atoms with van der Waals surface area (Å²) < 4.78 is 7.94. The monoisotopic (exact) mass is 300 g/mol. The first-order valence-corrected chi connectivity index (χ1v) is 8.25. The number of imidazole rings is 1. The normalized spacial score (nSPS) is 11.6. The van der Waals surface area contributed by atoms with Crippen LogP contribution >= 0.6 is 0 Å². The molecule has 0 aliphatic heterocycles. The number of benzene rings is 1. The molecule has 0 atom stereocenters. The van der Waals surface area contributed by atoms with Gasteiger partial charge in [-0.25, -0.2) is 4.98 Å². The molecule has 2 aromatic rings. The van der Waals surface area contributed by atoms with Crippen LogP contribution in [0.4, 0.5) is 0 Å². The molecular formula is C19H28N2O. The third kappa shape index (κ3) is 5.55. The van der Waals surface area contributed by atoms with Crippen molar-refractivity contribution in [2.24, 2.45) is 0 Å². The molecule has 3 nitrogen and oxygen atoms in total. The molecule has 0 aliphatic rings. The lowest BCUT2D eigenvalue weighted by Gasteiger charge is -2.19. The molecule has 1 heterocycles. The minimum Gasteiger partial charge on any atom is -0.494 e. The third-order valence-corrected chi connectivity index (χ3v) is 3.86. The van der Waals surface area contributed by atoms with E-state index in [1.807, 2.05) is 18.7 Å². The summed E-state index contributed by atoms with van der Waals surface area (Å²) in [6.45, 7) is 8.56. The number of rotatable bonds is 8. The van der Waals surface area contributed by atoms with E-state index in [9.17, 15) is 0 Å². The first-order valence-electron chi connectivity index (χ1n) is 8.25. The van der Waals surface area contributed by atoms with Gasteiger partial charge in [0.2, 0.25) is 0 Å². The smallest absolute Gasteiger partial charge is 0.119 e. The van der Waals surface area contributed by atoms with Crippen LogP contribution in [0, 0.1) is 0 Å². The zero-order valence-electron chi connectivity index (χ0n) is 14.1. The summed E-state index contributed by atoms with van der Waals surface area (Å²) >= 11 is 0. The molecule has 0 amide bonds. The molecule has 0 saturated carbocycles. The third-order valence-electron chi connectivity index (χ3n) is 3.86. The van der Waals surface area contributed by atoms with Crippen molar-refractivity contribution in [2.45, 2.75) is 58.4 Å². The average molecular weight is 300 g/mol. The van der Waals surface area contributed by atoms with Gasteiger partial charge in [0, 0.05) is 18.9 Å². The number of hydrogen-bond acceptors (Lipinski definition) is 2. The van der Waals surface area contributed by atoms with E-state index >= 15 is 0 Å². The lowest BCUT2D eigenvalue weighted by atomic mass is 9.87. The van der Waals surface area contributed by atoms with E-state index < -0.39 is 0 Å². The minimum absolute atomic E-state index is 0.202. The van der Waals surface area contributed by atoms with E-state index in [1.165, 1.54) is 24.8 Å². The predicted molar refractivity (Wildman–Crippen MR) is 91.3 cm³/mol. The minimum atomic E-state index is 0.202. The highest BCUT2D eigenvalue weighted by Gasteiger charge is 2.12. The van der Waals surface area contributed by atoms with Gasteiger partial charge in [-0.05, 0) is 36.0 Å². The molecule has 1 aromatic heterocycles. The van der Waals surface area contributed by atoms with Gasteiger partial charge >= 0.3 is 0 Å². The van der Waals surface area contributed by atoms with E-state index in [0.717, 1.165) is 25.3 Å². The first kappa shape index (κ1) is 16.6. The molecule has 3 heteroatoms. The van der Waals surface area contributed by atoms with Crippen molar-refractivity contribution in [3.8, 4) is 5.75 Å². The Labute approximate surface area is 134 Å². The molecule has 1 aromatic carbocycles. The molecule has 22 heavy (non-hydrogen) atoms. The maximum atomic E-state index is 5.81. The van der Waals surface area contributed by atoms with E-state index in [1.54, 1.807) is 0 Å². The van der Waals surface area contributed by atoms with Gasteiger partial charge in [0.25, 0.3) is 0 Å². The van der Waals surface area contributed by atoms with Gasteiger partial charge in [0.05, 0.1) is 12.9 Å². The topological polar surface area (TPSA) is 27.1 Å². The lowest BCUT2D eigenvalue weighted by Crippen LogP contribution is -2.10. The van der Waals surface area contributed by atoms with Crippen LogP contribution in [0.1, 0.15) is 52.0 Å². The summed E-state index contributed by atoms with van der Waals surface area (Å²) in [5.41, 5.74) is 1.55. The molecule has 120 valence electrons. The summed E-state index contributed by atoms with van der Waals surface area (Å²) in [4.78, 5) is 4.05. The lowest BCUT2D eigenvalue weighted by molar-refractivity contribution is 0.304. The summed E-state index contributed by atoms with van der Waals surface area (Å²) in [6, 6.07) is 8.50. The van der Waals surface area contributed by atoms with Gasteiger partial charge in [0.1, 0.15) is 5.75 Å². The van der Waals surface area contributed by atoms with Crippen LogP contribution in [-0.2, 0) is 12.0 Å². The number of aromatic nitrogens is 2. The van der Waals surface area contributed by atoms with Crippen LogP contribution in [0.2, 0.25) is 0 Å².